The Morgan fingerprint density at radius 2 is 1.96 bits per heavy atom. The number of halogens is 1. The third-order valence-corrected chi connectivity index (χ3v) is 3.88. The van der Waals surface area contributed by atoms with E-state index in [4.69, 9.17) is 4.42 Å². The zero-order valence-corrected chi connectivity index (χ0v) is 14.4. The molecular formula is C18H16BrN3O2. The Hall–Kier alpha value is -2.60. The van der Waals surface area contributed by atoms with Gasteiger partial charge in [-0.15, -0.1) is 0 Å². The van der Waals surface area contributed by atoms with Crippen LogP contribution in [-0.4, -0.2) is 10.9 Å². The lowest BCUT2D eigenvalue weighted by Gasteiger charge is -2.07. The molecule has 0 aliphatic carbocycles. The molecule has 0 unspecified atom stereocenters. The average Bonchev–Trinajstić information content (AvgIpc) is 3.10. The Morgan fingerprint density at radius 1 is 1.12 bits per heavy atom. The van der Waals surface area contributed by atoms with Gasteiger partial charge in [-0.05, 0) is 42.0 Å². The van der Waals surface area contributed by atoms with Crippen molar-refractivity contribution in [1.82, 2.24) is 4.98 Å². The molecule has 5 nitrogen and oxygen atoms in total. The van der Waals surface area contributed by atoms with Gasteiger partial charge in [0.15, 0.2) is 0 Å². The van der Waals surface area contributed by atoms with Gasteiger partial charge in [0.2, 0.25) is 5.91 Å². The van der Waals surface area contributed by atoms with Crippen LogP contribution >= 0.6 is 15.9 Å². The minimum atomic E-state index is -0.0962. The van der Waals surface area contributed by atoms with E-state index in [2.05, 4.69) is 31.5 Å². The van der Waals surface area contributed by atoms with Crippen molar-refractivity contribution in [2.24, 2.45) is 0 Å². The average molecular weight is 386 g/mol. The third kappa shape index (κ3) is 4.70. The summed E-state index contributed by atoms with van der Waals surface area (Å²) in [6.07, 6.45) is 3.63. The van der Waals surface area contributed by atoms with E-state index in [1.54, 1.807) is 18.5 Å². The van der Waals surface area contributed by atoms with E-state index in [-0.39, 0.29) is 5.91 Å². The fraction of sp³-hybridized carbons (Fsp3) is 0.111. The molecule has 0 aliphatic rings. The molecule has 0 spiro atoms. The molecule has 0 bridgehead atoms. The molecule has 0 atom stereocenters. The van der Waals surface area contributed by atoms with Crippen LogP contribution in [0.25, 0.3) is 0 Å². The molecule has 1 amide bonds. The molecule has 0 saturated carbocycles. The summed E-state index contributed by atoms with van der Waals surface area (Å²) in [5, 5.41) is 5.99. The van der Waals surface area contributed by atoms with Gasteiger partial charge in [-0.3, -0.25) is 4.79 Å². The predicted molar refractivity (Wildman–Crippen MR) is 96.7 cm³/mol. The Labute approximate surface area is 148 Å². The van der Waals surface area contributed by atoms with E-state index >= 15 is 0 Å². The first kappa shape index (κ1) is 16.3. The zero-order valence-electron chi connectivity index (χ0n) is 12.8. The SMILES string of the molecule is O=C(Cc1ccc(Br)cc1)Nc1ccc(NCc2ccco2)cn1. The first-order valence-electron chi connectivity index (χ1n) is 7.46. The molecule has 3 aromatic rings. The third-order valence-electron chi connectivity index (χ3n) is 3.36. The van der Waals surface area contributed by atoms with Crippen LogP contribution in [0.1, 0.15) is 11.3 Å². The van der Waals surface area contributed by atoms with Crippen LogP contribution in [0.15, 0.2) is 69.9 Å². The standard InChI is InChI=1S/C18H16BrN3O2/c19-14-5-3-13(4-6-14)10-18(23)22-17-8-7-15(11-21-17)20-12-16-2-1-9-24-16/h1-9,11,20H,10,12H2,(H,21,22,23). The van der Waals surface area contributed by atoms with Gasteiger partial charge >= 0.3 is 0 Å². The molecule has 2 N–H and O–H groups in total. The van der Waals surface area contributed by atoms with Crippen molar-refractivity contribution < 1.29 is 9.21 Å². The Kier molecular flexibility index (Phi) is 5.28. The Balaban J connectivity index is 1.51. The molecular weight excluding hydrogens is 370 g/mol. The van der Waals surface area contributed by atoms with Gasteiger partial charge in [-0.2, -0.15) is 0 Å². The number of hydrogen-bond acceptors (Lipinski definition) is 4. The van der Waals surface area contributed by atoms with Crippen LogP contribution < -0.4 is 10.6 Å². The van der Waals surface area contributed by atoms with Gasteiger partial charge < -0.3 is 15.1 Å². The minimum absolute atomic E-state index is 0.0962. The quantitative estimate of drug-likeness (QED) is 0.666. The van der Waals surface area contributed by atoms with Crippen LogP contribution in [0.4, 0.5) is 11.5 Å². The van der Waals surface area contributed by atoms with Crippen LogP contribution in [0.2, 0.25) is 0 Å². The van der Waals surface area contributed by atoms with Crippen molar-refractivity contribution >= 4 is 33.3 Å². The number of aromatic nitrogens is 1. The van der Waals surface area contributed by atoms with Gasteiger partial charge in [0, 0.05) is 4.47 Å². The fourth-order valence-corrected chi connectivity index (χ4v) is 2.41. The first-order chi connectivity index (χ1) is 11.7. The summed E-state index contributed by atoms with van der Waals surface area (Å²) in [5.74, 6) is 1.28. The van der Waals surface area contributed by atoms with Crippen molar-refractivity contribution in [2.45, 2.75) is 13.0 Å². The monoisotopic (exact) mass is 385 g/mol. The number of nitrogens with zero attached hydrogens (tertiary/aromatic N) is 1. The zero-order chi connectivity index (χ0) is 16.8. The topological polar surface area (TPSA) is 67.2 Å². The molecule has 1 aromatic carbocycles. The number of hydrogen-bond donors (Lipinski definition) is 2. The lowest BCUT2D eigenvalue weighted by molar-refractivity contribution is -0.115. The maximum Gasteiger partial charge on any atom is 0.229 e. The number of furan rings is 1. The molecule has 0 aliphatic heterocycles. The number of anilines is 2. The maximum atomic E-state index is 12.0. The lowest BCUT2D eigenvalue weighted by atomic mass is 10.1. The Bertz CT molecular complexity index is 784. The van der Waals surface area contributed by atoms with Crippen LogP contribution in [0, 0.1) is 0 Å². The highest BCUT2D eigenvalue weighted by molar-refractivity contribution is 9.10. The predicted octanol–water partition coefficient (Wildman–Crippen LogP) is 4.23. The van der Waals surface area contributed by atoms with Crippen LogP contribution in [0.3, 0.4) is 0 Å². The van der Waals surface area contributed by atoms with E-state index < -0.39 is 0 Å². The molecule has 6 heteroatoms. The fourth-order valence-electron chi connectivity index (χ4n) is 2.15. The number of pyridine rings is 1. The number of rotatable bonds is 6. The van der Waals surface area contributed by atoms with Gasteiger partial charge in [0.25, 0.3) is 0 Å². The van der Waals surface area contributed by atoms with Crippen molar-refractivity contribution in [3.63, 3.8) is 0 Å². The highest BCUT2D eigenvalue weighted by Gasteiger charge is 2.05. The smallest absolute Gasteiger partial charge is 0.229 e. The molecule has 122 valence electrons. The first-order valence-corrected chi connectivity index (χ1v) is 8.25. The normalized spacial score (nSPS) is 10.4. The van der Waals surface area contributed by atoms with E-state index in [1.165, 1.54) is 0 Å². The van der Waals surface area contributed by atoms with Crippen molar-refractivity contribution in [3.05, 3.63) is 76.8 Å². The summed E-state index contributed by atoms with van der Waals surface area (Å²) < 4.78 is 6.24. The van der Waals surface area contributed by atoms with E-state index in [0.29, 0.717) is 18.8 Å². The molecule has 0 saturated heterocycles. The van der Waals surface area contributed by atoms with Crippen molar-refractivity contribution in [2.75, 3.05) is 10.6 Å². The summed E-state index contributed by atoms with van der Waals surface area (Å²) >= 11 is 3.38. The second-order valence-corrected chi connectivity index (χ2v) is 6.13. The minimum Gasteiger partial charge on any atom is -0.467 e. The summed E-state index contributed by atoms with van der Waals surface area (Å²) in [6, 6.07) is 15.0. The maximum absolute atomic E-state index is 12.0. The summed E-state index contributed by atoms with van der Waals surface area (Å²) in [5.41, 5.74) is 1.81. The summed E-state index contributed by atoms with van der Waals surface area (Å²) in [4.78, 5) is 16.3. The molecule has 0 radical (unpaired) electrons. The molecule has 2 aromatic heterocycles. The number of nitrogens with one attached hydrogen (secondary N) is 2. The van der Waals surface area contributed by atoms with E-state index in [9.17, 15) is 4.79 Å². The molecule has 0 fully saturated rings. The number of carbonyl (C=O) groups is 1. The highest BCUT2D eigenvalue weighted by Crippen LogP contribution is 2.13. The van der Waals surface area contributed by atoms with Gasteiger partial charge in [0.05, 0.1) is 31.1 Å². The second-order valence-electron chi connectivity index (χ2n) is 5.22. The van der Waals surface area contributed by atoms with Gasteiger partial charge in [-0.25, -0.2) is 4.98 Å². The van der Waals surface area contributed by atoms with Crippen molar-refractivity contribution in [3.8, 4) is 0 Å². The Morgan fingerprint density at radius 3 is 2.62 bits per heavy atom. The van der Waals surface area contributed by atoms with Crippen LogP contribution in [-0.2, 0) is 17.8 Å². The summed E-state index contributed by atoms with van der Waals surface area (Å²) in [6.45, 7) is 0.587. The molecule has 2 heterocycles. The van der Waals surface area contributed by atoms with E-state index in [0.717, 1.165) is 21.5 Å². The molecule has 24 heavy (non-hydrogen) atoms. The van der Waals surface area contributed by atoms with Crippen molar-refractivity contribution in [1.29, 1.82) is 0 Å². The number of carbonyl (C=O) groups excluding carboxylic acids is 1. The summed E-state index contributed by atoms with van der Waals surface area (Å²) in [7, 11) is 0. The second kappa shape index (κ2) is 7.79. The highest BCUT2D eigenvalue weighted by atomic mass is 79.9. The van der Waals surface area contributed by atoms with Gasteiger partial charge in [0.1, 0.15) is 11.6 Å². The van der Waals surface area contributed by atoms with Gasteiger partial charge in [-0.1, -0.05) is 28.1 Å². The lowest BCUT2D eigenvalue weighted by Crippen LogP contribution is -2.15. The van der Waals surface area contributed by atoms with Crippen LogP contribution in [0.5, 0.6) is 0 Å². The largest absolute Gasteiger partial charge is 0.467 e. The number of benzene rings is 1. The van der Waals surface area contributed by atoms with E-state index in [1.807, 2.05) is 42.5 Å². The molecule has 3 rings (SSSR count). The number of amides is 1.